The fourth-order valence-electron chi connectivity index (χ4n) is 2.15. The second-order valence-electron chi connectivity index (χ2n) is 4.57. The summed E-state index contributed by atoms with van der Waals surface area (Å²) >= 11 is 1.52. The average molecular weight is 294 g/mol. The van der Waals surface area contributed by atoms with Gasteiger partial charge in [0.15, 0.2) is 5.76 Å². The van der Waals surface area contributed by atoms with Gasteiger partial charge in [0.05, 0.1) is 4.90 Å². The Balaban J connectivity index is 2.03. The second kappa shape index (κ2) is 6.02. The molecule has 104 valence electrons. The van der Waals surface area contributed by atoms with Crippen LogP contribution in [0.5, 0.6) is 0 Å². The monoisotopic (exact) mass is 294 g/mol. The maximum Gasteiger partial charge on any atom is 0.229 e. The fourth-order valence-corrected chi connectivity index (χ4v) is 2.69. The van der Waals surface area contributed by atoms with E-state index in [1.54, 1.807) is 12.1 Å². The number of hydrogen-bond acceptors (Lipinski definition) is 3. The van der Waals surface area contributed by atoms with Crippen LogP contribution in [0.2, 0.25) is 0 Å². The highest BCUT2D eigenvalue weighted by atomic mass is 32.2. The summed E-state index contributed by atoms with van der Waals surface area (Å²) in [7, 11) is 0. The standard InChI is InChI=1S/C18H14O2S/c1-21-16-12-15(13-8-4-2-5-9-13)20-18(16)17(19)14-10-6-3-7-11-14/h2-12H,1H3. The predicted molar refractivity (Wildman–Crippen MR) is 85.8 cm³/mol. The van der Waals surface area contributed by atoms with E-state index in [9.17, 15) is 4.79 Å². The smallest absolute Gasteiger partial charge is 0.229 e. The molecule has 3 heteroatoms. The van der Waals surface area contributed by atoms with Gasteiger partial charge in [0.25, 0.3) is 0 Å². The summed E-state index contributed by atoms with van der Waals surface area (Å²) in [5.41, 5.74) is 1.61. The number of ketones is 1. The van der Waals surface area contributed by atoms with Crippen molar-refractivity contribution in [3.8, 4) is 11.3 Å². The van der Waals surface area contributed by atoms with Crippen LogP contribution in [0.1, 0.15) is 16.1 Å². The van der Waals surface area contributed by atoms with Crippen molar-refractivity contribution in [2.45, 2.75) is 4.90 Å². The number of carbonyl (C=O) groups excluding carboxylic acids is 1. The van der Waals surface area contributed by atoms with Gasteiger partial charge < -0.3 is 4.42 Å². The molecule has 0 saturated heterocycles. The zero-order valence-electron chi connectivity index (χ0n) is 11.6. The Labute approximate surface area is 127 Å². The molecule has 1 heterocycles. The molecular formula is C18H14O2S. The normalized spacial score (nSPS) is 10.5. The van der Waals surface area contributed by atoms with Crippen molar-refractivity contribution in [1.82, 2.24) is 0 Å². The van der Waals surface area contributed by atoms with Crippen molar-refractivity contribution in [3.63, 3.8) is 0 Å². The first-order valence-corrected chi connectivity index (χ1v) is 7.85. The molecule has 0 aliphatic carbocycles. The summed E-state index contributed by atoms with van der Waals surface area (Å²) in [5.74, 6) is 1.05. The minimum atomic E-state index is -0.0814. The van der Waals surface area contributed by atoms with E-state index in [1.165, 1.54) is 11.8 Å². The van der Waals surface area contributed by atoms with Crippen LogP contribution in [-0.4, -0.2) is 12.0 Å². The molecule has 1 aromatic heterocycles. The first kappa shape index (κ1) is 13.7. The zero-order chi connectivity index (χ0) is 14.7. The van der Waals surface area contributed by atoms with Gasteiger partial charge in [0.2, 0.25) is 5.78 Å². The van der Waals surface area contributed by atoms with Crippen LogP contribution in [0, 0.1) is 0 Å². The number of thioether (sulfide) groups is 1. The quantitative estimate of drug-likeness (QED) is 0.506. The van der Waals surface area contributed by atoms with E-state index < -0.39 is 0 Å². The van der Waals surface area contributed by atoms with Crippen LogP contribution in [0.25, 0.3) is 11.3 Å². The van der Waals surface area contributed by atoms with Gasteiger partial charge in [-0.3, -0.25) is 4.79 Å². The van der Waals surface area contributed by atoms with Gasteiger partial charge in [0, 0.05) is 11.1 Å². The molecule has 0 aliphatic heterocycles. The zero-order valence-corrected chi connectivity index (χ0v) is 12.4. The summed E-state index contributed by atoms with van der Waals surface area (Å²) in [6.07, 6.45) is 1.95. The molecule has 2 aromatic carbocycles. The molecule has 0 radical (unpaired) electrons. The third kappa shape index (κ3) is 2.78. The van der Waals surface area contributed by atoms with Crippen molar-refractivity contribution in [3.05, 3.63) is 78.1 Å². The van der Waals surface area contributed by atoms with E-state index in [-0.39, 0.29) is 5.78 Å². The van der Waals surface area contributed by atoms with Gasteiger partial charge in [-0.15, -0.1) is 11.8 Å². The summed E-state index contributed by atoms with van der Waals surface area (Å²) in [6.45, 7) is 0. The Bertz CT molecular complexity index is 745. The van der Waals surface area contributed by atoms with Crippen molar-refractivity contribution < 1.29 is 9.21 Å². The summed E-state index contributed by atoms with van der Waals surface area (Å²) in [5, 5.41) is 0. The Morgan fingerprint density at radius 3 is 2.19 bits per heavy atom. The third-order valence-electron chi connectivity index (χ3n) is 3.22. The third-order valence-corrected chi connectivity index (χ3v) is 3.96. The Morgan fingerprint density at radius 2 is 1.57 bits per heavy atom. The fraction of sp³-hybridized carbons (Fsp3) is 0.0556. The molecule has 0 amide bonds. The van der Waals surface area contributed by atoms with Crippen LogP contribution < -0.4 is 0 Å². The minimum Gasteiger partial charge on any atom is -0.451 e. The molecular weight excluding hydrogens is 280 g/mol. The van der Waals surface area contributed by atoms with E-state index in [0.29, 0.717) is 11.3 Å². The lowest BCUT2D eigenvalue weighted by Crippen LogP contribution is -2.00. The van der Waals surface area contributed by atoms with E-state index in [2.05, 4.69) is 0 Å². The van der Waals surface area contributed by atoms with E-state index in [4.69, 9.17) is 4.42 Å². The molecule has 3 aromatic rings. The second-order valence-corrected chi connectivity index (χ2v) is 5.42. The van der Waals surface area contributed by atoms with Crippen LogP contribution in [0.3, 0.4) is 0 Å². The molecule has 21 heavy (non-hydrogen) atoms. The Hall–Kier alpha value is -2.26. The molecule has 0 spiro atoms. The van der Waals surface area contributed by atoms with E-state index >= 15 is 0 Å². The first-order valence-electron chi connectivity index (χ1n) is 6.62. The average Bonchev–Trinajstić information content (AvgIpc) is 3.00. The van der Waals surface area contributed by atoms with Gasteiger partial charge in [-0.05, 0) is 12.3 Å². The number of rotatable bonds is 4. The molecule has 0 aliphatic rings. The summed E-state index contributed by atoms with van der Waals surface area (Å²) < 4.78 is 5.84. The molecule has 0 fully saturated rings. The number of benzene rings is 2. The Morgan fingerprint density at radius 1 is 0.952 bits per heavy atom. The van der Waals surface area contributed by atoms with Crippen LogP contribution in [0.15, 0.2) is 76.0 Å². The largest absolute Gasteiger partial charge is 0.451 e. The lowest BCUT2D eigenvalue weighted by Gasteiger charge is -1.99. The van der Waals surface area contributed by atoms with Gasteiger partial charge in [-0.25, -0.2) is 0 Å². The highest BCUT2D eigenvalue weighted by molar-refractivity contribution is 7.98. The number of furan rings is 1. The van der Waals surface area contributed by atoms with Crippen molar-refractivity contribution in [1.29, 1.82) is 0 Å². The summed E-state index contributed by atoms with van der Waals surface area (Å²) in [4.78, 5) is 13.4. The molecule has 0 atom stereocenters. The van der Waals surface area contributed by atoms with Crippen LogP contribution in [-0.2, 0) is 0 Å². The van der Waals surface area contributed by atoms with Crippen LogP contribution >= 0.6 is 11.8 Å². The van der Waals surface area contributed by atoms with Gasteiger partial charge in [0.1, 0.15) is 5.76 Å². The maximum atomic E-state index is 12.6. The summed E-state index contributed by atoms with van der Waals surface area (Å²) in [6, 6.07) is 20.9. The molecule has 0 N–H and O–H groups in total. The molecule has 2 nitrogen and oxygen atoms in total. The minimum absolute atomic E-state index is 0.0814. The topological polar surface area (TPSA) is 30.2 Å². The molecule has 0 saturated carbocycles. The van der Waals surface area contributed by atoms with Crippen LogP contribution in [0.4, 0.5) is 0 Å². The first-order chi connectivity index (χ1) is 10.3. The highest BCUT2D eigenvalue weighted by Gasteiger charge is 2.20. The van der Waals surface area contributed by atoms with Crippen molar-refractivity contribution in [2.24, 2.45) is 0 Å². The number of carbonyl (C=O) groups is 1. The molecule has 3 rings (SSSR count). The van der Waals surface area contributed by atoms with Crippen molar-refractivity contribution in [2.75, 3.05) is 6.26 Å². The highest BCUT2D eigenvalue weighted by Crippen LogP contribution is 2.32. The van der Waals surface area contributed by atoms with Gasteiger partial charge >= 0.3 is 0 Å². The lowest BCUT2D eigenvalue weighted by molar-refractivity contribution is 0.101. The lowest BCUT2D eigenvalue weighted by atomic mass is 10.1. The number of hydrogen-bond donors (Lipinski definition) is 0. The van der Waals surface area contributed by atoms with Crippen molar-refractivity contribution >= 4 is 17.5 Å². The van der Waals surface area contributed by atoms with E-state index in [0.717, 1.165) is 16.2 Å². The maximum absolute atomic E-state index is 12.6. The SMILES string of the molecule is CSc1cc(-c2ccccc2)oc1C(=O)c1ccccc1. The molecule has 0 bridgehead atoms. The molecule has 0 unspecified atom stereocenters. The predicted octanol–water partition coefficient (Wildman–Crippen LogP) is 4.90. The Kier molecular flexibility index (Phi) is 3.93. The van der Waals surface area contributed by atoms with Gasteiger partial charge in [-0.2, -0.15) is 0 Å². The van der Waals surface area contributed by atoms with E-state index in [1.807, 2.05) is 60.9 Å². The van der Waals surface area contributed by atoms with Gasteiger partial charge in [-0.1, -0.05) is 60.7 Å².